The van der Waals surface area contributed by atoms with Crippen molar-refractivity contribution in [2.45, 2.75) is 19.9 Å². The third-order valence-corrected chi connectivity index (χ3v) is 3.31. The van der Waals surface area contributed by atoms with Crippen LogP contribution in [0.4, 0.5) is 0 Å². The van der Waals surface area contributed by atoms with Gasteiger partial charge in [-0.25, -0.2) is 4.98 Å². The Labute approximate surface area is 147 Å². The zero-order chi connectivity index (χ0) is 17.9. The average molecular weight is 342 g/mol. The molecule has 0 N–H and O–H groups in total. The number of aromatic nitrogens is 2. The zero-order valence-corrected chi connectivity index (χ0v) is 14.3. The number of rotatable bonds is 10. The van der Waals surface area contributed by atoms with E-state index in [4.69, 9.17) is 9.47 Å². The van der Waals surface area contributed by atoms with Crippen LogP contribution in [0.25, 0.3) is 6.08 Å². The molecular formula is C19H22N2O4. The summed E-state index contributed by atoms with van der Waals surface area (Å²) >= 11 is 0. The molecule has 2 aromatic rings. The second-order valence-electron chi connectivity index (χ2n) is 5.55. The number of benzene rings is 1. The Bertz CT molecular complexity index is 691. The van der Waals surface area contributed by atoms with Crippen molar-refractivity contribution in [1.82, 2.24) is 9.55 Å². The van der Waals surface area contributed by atoms with Crippen LogP contribution in [0.1, 0.15) is 24.5 Å². The first-order valence-corrected chi connectivity index (χ1v) is 8.07. The third-order valence-electron chi connectivity index (χ3n) is 3.31. The van der Waals surface area contributed by atoms with Gasteiger partial charge in [0.15, 0.2) is 0 Å². The molecule has 0 bridgehead atoms. The smallest absolute Gasteiger partial charge is 0.313 e. The standard InChI is InChI=1S/C19H22N2O4/c1-16(22)13-19(23)25-12-11-24-10-2-3-17-4-6-18(7-5-17)14-21-9-8-20-15-21/h2-9,15H,10-14H2,1H3. The fraction of sp³-hybridized carbons (Fsp3) is 0.316. The largest absolute Gasteiger partial charge is 0.463 e. The third kappa shape index (κ3) is 7.58. The molecule has 1 aromatic carbocycles. The van der Waals surface area contributed by atoms with Crippen LogP contribution in [0.3, 0.4) is 0 Å². The Hall–Kier alpha value is -2.73. The summed E-state index contributed by atoms with van der Waals surface area (Å²) in [4.78, 5) is 25.9. The van der Waals surface area contributed by atoms with Crippen molar-refractivity contribution >= 4 is 17.8 Å². The maximum atomic E-state index is 11.1. The van der Waals surface area contributed by atoms with Gasteiger partial charge >= 0.3 is 5.97 Å². The molecule has 0 saturated carbocycles. The molecule has 0 unspecified atom stereocenters. The van der Waals surface area contributed by atoms with Gasteiger partial charge in [0, 0.05) is 18.9 Å². The number of hydrogen-bond donors (Lipinski definition) is 0. The molecule has 0 saturated heterocycles. The fourth-order valence-electron chi connectivity index (χ4n) is 2.13. The number of esters is 1. The van der Waals surface area contributed by atoms with Gasteiger partial charge in [0.25, 0.3) is 0 Å². The normalized spacial score (nSPS) is 10.9. The molecule has 0 aliphatic heterocycles. The number of ether oxygens (including phenoxy) is 2. The summed E-state index contributed by atoms with van der Waals surface area (Å²) < 4.78 is 12.2. The molecule has 25 heavy (non-hydrogen) atoms. The van der Waals surface area contributed by atoms with E-state index >= 15 is 0 Å². The first-order chi connectivity index (χ1) is 12.1. The van der Waals surface area contributed by atoms with Crippen molar-refractivity contribution in [2.24, 2.45) is 0 Å². The van der Waals surface area contributed by atoms with Crippen molar-refractivity contribution in [3.05, 3.63) is 60.2 Å². The average Bonchev–Trinajstić information content (AvgIpc) is 3.08. The van der Waals surface area contributed by atoms with E-state index in [1.54, 1.807) is 12.5 Å². The van der Waals surface area contributed by atoms with Crippen LogP contribution in [0, 0.1) is 0 Å². The molecule has 6 nitrogen and oxygen atoms in total. The van der Waals surface area contributed by atoms with Crippen molar-refractivity contribution in [3.63, 3.8) is 0 Å². The highest BCUT2D eigenvalue weighted by molar-refractivity contribution is 5.94. The summed E-state index contributed by atoms with van der Waals surface area (Å²) in [5.74, 6) is -0.715. The van der Waals surface area contributed by atoms with Gasteiger partial charge in [0.2, 0.25) is 0 Å². The lowest BCUT2D eigenvalue weighted by Crippen LogP contribution is -2.13. The molecule has 0 spiro atoms. The minimum Gasteiger partial charge on any atom is -0.463 e. The number of carbonyl (C=O) groups is 2. The number of Topliss-reactive ketones (excluding diaryl/α,β-unsaturated/α-hetero) is 1. The van der Waals surface area contributed by atoms with Crippen LogP contribution in [0.15, 0.2) is 49.1 Å². The second-order valence-corrected chi connectivity index (χ2v) is 5.55. The van der Waals surface area contributed by atoms with E-state index in [0.29, 0.717) is 13.2 Å². The molecule has 2 rings (SSSR count). The van der Waals surface area contributed by atoms with Gasteiger partial charge in [-0.1, -0.05) is 36.4 Å². The first-order valence-electron chi connectivity index (χ1n) is 8.07. The van der Waals surface area contributed by atoms with Crippen LogP contribution in [-0.2, 0) is 25.6 Å². The molecule has 1 aromatic heterocycles. The van der Waals surface area contributed by atoms with Crippen LogP contribution >= 0.6 is 0 Å². The fourth-order valence-corrected chi connectivity index (χ4v) is 2.13. The van der Waals surface area contributed by atoms with E-state index < -0.39 is 5.97 Å². The predicted molar refractivity (Wildman–Crippen MR) is 93.9 cm³/mol. The number of carbonyl (C=O) groups excluding carboxylic acids is 2. The number of imidazole rings is 1. The summed E-state index contributed by atoms with van der Waals surface area (Å²) in [6.45, 7) is 3.05. The molecule has 0 aliphatic rings. The maximum absolute atomic E-state index is 11.1. The Morgan fingerprint density at radius 3 is 2.68 bits per heavy atom. The molecule has 0 fully saturated rings. The van der Waals surface area contributed by atoms with E-state index in [2.05, 4.69) is 17.1 Å². The Balaban J connectivity index is 1.61. The lowest BCUT2D eigenvalue weighted by atomic mass is 10.1. The van der Waals surface area contributed by atoms with E-state index in [0.717, 1.165) is 12.1 Å². The summed E-state index contributed by atoms with van der Waals surface area (Å²) in [5.41, 5.74) is 2.30. The minimum atomic E-state index is -0.512. The first kappa shape index (κ1) is 18.6. The van der Waals surface area contributed by atoms with Crippen molar-refractivity contribution in [3.8, 4) is 0 Å². The van der Waals surface area contributed by atoms with E-state index in [9.17, 15) is 9.59 Å². The highest BCUT2D eigenvalue weighted by Crippen LogP contribution is 2.08. The molecular weight excluding hydrogens is 320 g/mol. The Morgan fingerprint density at radius 1 is 1.20 bits per heavy atom. The lowest BCUT2D eigenvalue weighted by molar-refractivity contribution is -0.147. The summed E-state index contributed by atoms with van der Waals surface area (Å²) in [5, 5.41) is 0. The van der Waals surface area contributed by atoms with Crippen LogP contribution < -0.4 is 0 Å². The van der Waals surface area contributed by atoms with Gasteiger partial charge in [-0.2, -0.15) is 0 Å². The Morgan fingerprint density at radius 2 is 2.00 bits per heavy atom. The number of hydrogen-bond acceptors (Lipinski definition) is 5. The van der Waals surface area contributed by atoms with Gasteiger partial charge in [0.1, 0.15) is 18.8 Å². The quantitative estimate of drug-likeness (QED) is 0.377. The zero-order valence-electron chi connectivity index (χ0n) is 14.3. The molecule has 0 radical (unpaired) electrons. The van der Waals surface area contributed by atoms with E-state index in [1.807, 2.05) is 35.0 Å². The Kier molecular flexibility index (Phi) is 7.59. The van der Waals surface area contributed by atoms with E-state index in [1.165, 1.54) is 12.5 Å². The van der Waals surface area contributed by atoms with Crippen molar-refractivity contribution in [1.29, 1.82) is 0 Å². The van der Waals surface area contributed by atoms with Gasteiger partial charge in [0.05, 0.1) is 19.5 Å². The molecule has 0 amide bonds. The topological polar surface area (TPSA) is 70.4 Å². The number of ketones is 1. The van der Waals surface area contributed by atoms with Crippen molar-refractivity contribution in [2.75, 3.05) is 19.8 Å². The highest BCUT2D eigenvalue weighted by Gasteiger charge is 2.05. The molecule has 0 aliphatic carbocycles. The van der Waals surface area contributed by atoms with Gasteiger partial charge < -0.3 is 14.0 Å². The van der Waals surface area contributed by atoms with Gasteiger partial charge in [-0.15, -0.1) is 0 Å². The summed E-state index contributed by atoms with van der Waals surface area (Å²) in [7, 11) is 0. The predicted octanol–water partition coefficient (Wildman–Crippen LogP) is 2.48. The highest BCUT2D eigenvalue weighted by atomic mass is 16.6. The second kappa shape index (κ2) is 10.2. The van der Waals surface area contributed by atoms with Crippen LogP contribution in [0.5, 0.6) is 0 Å². The molecule has 0 atom stereocenters. The monoisotopic (exact) mass is 342 g/mol. The van der Waals surface area contributed by atoms with Crippen LogP contribution in [-0.4, -0.2) is 41.1 Å². The lowest BCUT2D eigenvalue weighted by Gasteiger charge is -2.04. The molecule has 132 valence electrons. The maximum Gasteiger partial charge on any atom is 0.313 e. The molecule has 6 heteroatoms. The summed E-state index contributed by atoms with van der Waals surface area (Å²) in [6.07, 6.45) is 9.19. The number of nitrogens with zero attached hydrogens (tertiary/aromatic N) is 2. The van der Waals surface area contributed by atoms with Crippen LogP contribution in [0.2, 0.25) is 0 Å². The van der Waals surface area contributed by atoms with Gasteiger partial charge in [-0.3, -0.25) is 9.59 Å². The summed E-state index contributed by atoms with van der Waals surface area (Å²) in [6, 6.07) is 8.25. The SMILES string of the molecule is CC(=O)CC(=O)OCCOCC=Cc1ccc(Cn2ccnc2)cc1. The minimum absolute atomic E-state index is 0.156. The van der Waals surface area contributed by atoms with E-state index in [-0.39, 0.29) is 18.8 Å². The van der Waals surface area contributed by atoms with Crippen molar-refractivity contribution < 1.29 is 19.1 Å². The molecule has 1 heterocycles. The van der Waals surface area contributed by atoms with Gasteiger partial charge in [-0.05, 0) is 18.1 Å².